The molecule has 1 fully saturated rings. The van der Waals surface area contributed by atoms with E-state index in [2.05, 4.69) is 13.5 Å². The predicted octanol–water partition coefficient (Wildman–Crippen LogP) is 3.02. The summed E-state index contributed by atoms with van der Waals surface area (Å²) in [6.07, 6.45) is 3.06. The summed E-state index contributed by atoms with van der Waals surface area (Å²) in [5.41, 5.74) is 2.85. The number of fused-ring (bicyclic) bond motifs is 1. The summed E-state index contributed by atoms with van der Waals surface area (Å²) in [4.78, 5) is 11.8. The van der Waals surface area contributed by atoms with E-state index in [1.54, 1.807) is 0 Å². The highest BCUT2D eigenvalue weighted by Gasteiger charge is 2.45. The number of hydrogen-bond donors (Lipinski definition) is 1. The largest absolute Gasteiger partial charge is 0.388 e. The molecule has 17 heavy (non-hydrogen) atoms. The van der Waals surface area contributed by atoms with Gasteiger partial charge < -0.3 is 5.11 Å². The Morgan fingerprint density at radius 2 is 2.12 bits per heavy atom. The zero-order chi connectivity index (χ0) is 12.8. The van der Waals surface area contributed by atoms with Gasteiger partial charge in [-0.3, -0.25) is 4.79 Å². The molecule has 0 aliphatic heterocycles. The standard InChI is InChI=1S/C15H22O2/c1-9(2)11-5-7-15(4)8-6-12(16)10(3)13(15)14(11)17/h11,14,17H,1,5-8H2,2-4H3/t11-,14-,15+/m0/s1. The van der Waals surface area contributed by atoms with Crippen molar-refractivity contribution < 1.29 is 9.90 Å². The quantitative estimate of drug-likeness (QED) is 0.708. The maximum Gasteiger partial charge on any atom is 0.158 e. The van der Waals surface area contributed by atoms with Crippen LogP contribution in [0.5, 0.6) is 0 Å². The SMILES string of the molecule is C=C(C)[C@@H]1CC[C@]2(C)CCC(=O)C(C)=C2[C@H]1O. The molecule has 3 atom stereocenters. The zero-order valence-electron chi connectivity index (χ0n) is 11.0. The van der Waals surface area contributed by atoms with Gasteiger partial charge in [-0.2, -0.15) is 0 Å². The molecule has 0 aromatic rings. The van der Waals surface area contributed by atoms with Crippen LogP contribution in [0, 0.1) is 11.3 Å². The summed E-state index contributed by atoms with van der Waals surface area (Å²) in [5, 5.41) is 10.5. The molecule has 0 aromatic carbocycles. The molecular formula is C15H22O2. The molecule has 1 saturated carbocycles. The summed E-state index contributed by atoms with van der Waals surface area (Å²) in [6, 6.07) is 0. The van der Waals surface area contributed by atoms with Gasteiger partial charge in [0, 0.05) is 12.3 Å². The first-order valence-electron chi connectivity index (χ1n) is 6.45. The fraction of sp³-hybridized carbons (Fsp3) is 0.667. The van der Waals surface area contributed by atoms with Crippen molar-refractivity contribution in [3.8, 4) is 0 Å². The lowest BCUT2D eigenvalue weighted by molar-refractivity contribution is -0.117. The molecule has 2 aliphatic rings. The third kappa shape index (κ3) is 1.89. The van der Waals surface area contributed by atoms with Gasteiger partial charge in [-0.25, -0.2) is 0 Å². The Hall–Kier alpha value is -0.890. The van der Waals surface area contributed by atoms with Crippen molar-refractivity contribution in [1.82, 2.24) is 0 Å². The van der Waals surface area contributed by atoms with Gasteiger partial charge in [0.15, 0.2) is 5.78 Å². The van der Waals surface area contributed by atoms with Gasteiger partial charge in [-0.15, -0.1) is 0 Å². The first-order valence-corrected chi connectivity index (χ1v) is 6.45. The first kappa shape index (κ1) is 12.6. The predicted molar refractivity (Wildman–Crippen MR) is 68.6 cm³/mol. The molecule has 0 radical (unpaired) electrons. The van der Waals surface area contributed by atoms with Crippen LogP contribution in [0.2, 0.25) is 0 Å². The summed E-state index contributed by atoms with van der Waals surface area (Å²) in [7, 11) is 0. The Labute approximate surface area is 103 Å². The average molecular weight is 234 g/mol. The van der Waals surface area contributed by atoms with Crippen molar-refractivity contribution in [3.05, 3.63) is 23.3 Å². The van der Waals surface area contributed by atoms with E-state index in [0.29, 0.717) is 6.42 Å². The van der Waals surface area contributed by atoms with E-state index in [-0.39, 0.29) is 17.1 Å². The average Bonchev–Trinajstić information content (AvgIpc) is 2.24. The van der Waals surface area contributed by atoms with Gasteiger partial charge in [0.25, 0.3) is 0 Å². The molecule has 0 heterocycles. The Kier molecular flexibility index (Phi) is 3.03. The summed E-state index contributed by atoms with van der Waals surface area (Å²) < 4.78 is 0. The van der Waals surface area contributed by atoms with Crippen LogP contribution in [0.4, 0.5) is 0 Å². The molecule has 0 bridgehead atoms. The first-order chi connectivity index (χ1) is 7.87. The van der Waals surface area contributed by atoms with E-state index in [1.165, 1.54) is 0 Å². The summed E-state index contributed by atoms with van der Waals surface area (Å²) >= 11 is 0. The van der Waals surface area contributed by atoms with Gasteiger partial charge in [-0.05, 0) is 49.7 Å². The van der Waals surface area contributed by atoms with Crippen molar-refractivity contribution in [2.24, 2.45) is 11.3 Å². The second kappa shape index (κ2) is 4.09. The minimum atomic E-state index is -0.504. The third-order valence-electron chi connectivity index (χ3n) is 4.69. The van der Waals surface area contributed by atoms with E-state index in [0.717, 1.165) is 36.0 Å². The van der Waals surface area contributed by atoms with Crippen LogP contribution in [0.25, 0.3) is 0 Å². The lowest BCUT2D eigenvalue weighted by atomic mass is 9.59. The minimum absolute atomic E-state index is 0.0311. The van der Waals surface area contributed by atoms with Crippen LogP contribution in [0.1, 0.15) is 46.5 Å². The van der Waals surface area contributed by atoms with E-state index in [9.17, 15) is 9.90 Å². The third-order valence-corrected chi connectivity index (χ3v) is 4.69. The normalized spacial score (nSPS) is 38.0. The number of allylic oxidation sites excluding steroid dienone is 1. The number of aliphatic hydroxyl groups is 1. The molecule has 1 N–H and O–H groups in total. The van der Waals surface area contributed by atoms with Crippen molar-refractivity contribution >= 4 is 5.78 Å². The Bertz CT molecular complexity index is 405. The molecule has 0 unspecified atom stereocenters. The Morgan fingerprint density at radius 1 is 1.47 bits per heavy atom. The second-order valence-electron chi connectivity index (χ2n) is 5.96. The van der Waals surface area contributed by atoms with E-state index in [4.69, 9.17) is 0 Å². The monoisotopic (exact) mass is 234 g/mol. The van der Waals surface area contributed by atoms with Crippen molar-refractivity contribution in [2.75, 3.05) is 0 Å². The zero-order valence-corrected chi connectivity index (χ0v) is 11.0. The summed E-state index contributed by atoms with van der Waals surface area (Å²) in [5.74, 6) is 0.331. The van der Waals surface area contributed by atoms with Crippen LogP contribution in [0.15, 0.2) is 23.3 Å². The molecule has 0 spiro atoms. The lowest BCUT2D eigenvalue weighted by Crippen LogP contribution is -2.42. The topological polar surface area (TPSA) is 37.3 Å². The van der Waals surface area contributed by atoms with Gasteiger partial charge in [0.05, 0.1) is 6.10 Å². The van der Waals surface area contributed by atoms with Gasteiger partial charge in [-0.1, -0.05) is 19.1 Å². The van der Waals surface area contributed by atoms with Crippen LogP contribution < -0.4 is 0 Å². The number of Topliss-reactive ketones (excluding diaryl/α,β-unsaturated/α-hetero) is 1. The smallest absolute Gasteiger partial charge is 0.158 e. The van der Waals surface area contributed by atoms with Gasteiger partial charge in [0.2, 0.25) is 0 Å². The van der Waals surface area contributed by atoms with Gasteiger partial charge in [0.1, 0.15) is 0 Å². The number of rotatable bonds is 1. The number of aliphatic hydroxyl groups excluding tert-OH is 1. The van der Waals surface area contributed by atoms with Gasteiger partial charge >= 0.3 is 0 Å². The highest BCUT2D eigenvalue weighted by Crippen LogP contribution is 2.51. The second-order valence-corrected chi connectivity index (χ2v) is 5.96. The van der Waals surface area contributed by atoms with Crippen LogP contribution in [-0.4, -0.2) is 17.0 Å². The van der Waals surface area contributed by atoms with Crippen molar-refractivity contribution in [2.45, 2.75) is 52.6 Å². The van der Waals surface area contributed by atoms with Crippen LogP contribution in [0.3, 0.4) is 0 Å². The summed E-state index contributed by atoms with van der Waals surface area (Å²) in [6.45, 7) is 10.0. The highest BCUT2D eigenvalue weighted by molar-refractivity contribution is 5.97. The van der Waals surface area contributed by atoms with Crippen LogP contribution >= 0.6 is 0 Å². The Balaban J connectivity index is 2.46. The molecule has 2 rings (SSSR count). The maximum atomic E-state index is 11.8. The van der Waals surface area contributed by atoms with Crippen molar-refractivity contribution in [1.29, 1.82) is 0 Å². The Morgan fingerprint density at radius 3 is 2.71 bits per heavy atom. The molecule has 0 saturated heterocycles. The number of carbonyl (C=O) groups excluding carboxylic acids is 1. The molecule has 2 aliphatic carbocycles. The fourth-order valence-electron chi connectivity index (χ4n) is 3.50. The van der Waals surface area contributed by atoms with E-state index >= 15 is 0 Å². The molecule has 2 heteroatoms. The molecule has 0 aromatic heterocycles. The highest BCUT2D eigenvalue weighted by atomic mass is 16.3. The molecule has 94 valence electrons. The van der Waals surface area contributed by atoms with E-state index in [1.807, 2.05) is 13.8 Å². The molecule has 2 nitrogen and oxygen atoms in total. The number of carbonyl (C=O) groups is 1. The lowest BCUT2D eigenvalue weighted by Gasteiger charge is -2.46. The number of ketones is 1. The molecule has 0 amide bonds. The maximum absolute atomic E-state index is 11.8. The number of hydrogen-bond acceptors (Lipinski definition) is 2. The molecular weight excluding hydrogens is 212 g/mol. The van der Waals surface area contributed by atoms with Crippen molar-refractivity contribution in [3.63, 3.8) is 0 Å². The van der Waals surface area contributed by atoms with E-state index < -0.39 is 6.10 Å². The fourth-order valence-corrected chi connectivity index (χ4v) is 3.50. The van der Waals surface area contributed by atoms with Crippen LogP contribution in [-0.2, 0) is 4.79 Å². The minimum Gasteiger partial charge on any atom is -0.388 e.